The summed E-state index contributed by atoms with van der Waals surface area (Å²) in [6, 6.07) is 2.24. The molecule has 1 N–H and O–H groups in total. The molecule has 2 saturated heterocycles. The molecule has 0 saturated carbocycles. The van der Waals surface area contributed by atoms with Crippen molar-refractivity contribution in [3.05, 3.63) is 23.8 Å². The number of hydrogen-bond acceptors (Lipinski definition) is 6. The second-order valence-electron chi connectivity index (χ2n) is 9.90. The highest BCUT2D eigenvalue weighted by atomic mass is 28.4. The first-order chi connectivity index (χ1) is 15.3. The Hall–Kier alpha value is -2.69. The van der Waals surface area contributed by atoms with Crippen molar-refractivity contribution >= 4 is 37.4 Å². The van der Waals surface area contributed by atoms with Gasteiger partial charge in [0.1, 0.15) is 11.8 Å². The Balaban J connectivity index is 1.64. The van der Waals surface area contributed by atoms with Crippen molar-refractivity contribution < 1.29 is 27.6 Å². The Morgan fingerprint density at radius 1 is 1.27 bits per heavy atom. The molecule has 0 bridgehead atoms. The number of nitrogens with zero attached hydrogens (tertiary/aromatic N) is 3. The second kappa shape index (κ2) is 9.28. The molecule has 2 heterocycles. The molecule has 182 valence electrons. The Labute approximate surface area is 194 Å². The first-order valence-corrected chi connectivity index (χ1v) is 14.0. The average molecular weight is 483 g/mol. The number of cyclic esters (lactones) is 1. The van der Waals surface area contributed by atoms with Gasteiger partial charge in [0.15, 0.2) is 11.6 Å². The molecule has 1 atom stereocenters. The van der Waals surface area contributed by atoms with Crippen molar-refractivity contribution in [2.75, 3.05) is 36.0 Å². The third kappa shape index (κ3) is 5.45. The van der Waals surface area contributed by atoms with E-state index in [-0.39, 0.29) is 48.5 Å². The maximum atomic E-state index is 14.8. The summed E-state index contributed by atoms with van der Waals surface area (Å²) in [5.74, 6) is -1.71. The van der Waals surface area contributed by atoms with Crippen molar-refractivity contribution in [1.29, 1.82) is 0 Å². The van der Waals surface area contributed by atoms with Gasteiger partial charge in [0.2, 0.25) is 5.91 Å². The minimum atomic E-state index is -2.05. The van der Waals surface area contributed by atoms with Gasteiger partial charge in [-0.25, -0.2) is 13.6 Å². The number of benzene rings is 1. The van der Waals surface area contributed by atoms with Gasteiger partial charge in [-0.15, -0.1) is 5.16 Å². The van der Waals surface area contributed by atoms with Crippen molar-refractivity contribution in [2.45, 2.75) is 58.4 Å². The number of oxime groups is 1. The van der Waals surface area contributed by atoms with Crippen molar-refractivity contribution in [3.8, 4) is 0 Å². The average Bonchev–Trinajstić information content (AvgIpc) is 3.06. The van der Waals surface area contributed by atoms with Gasteiger partial charge in [0.05, 0.1) is 37.6 Å². The number of halogens is 2. The molecule has 0 unspecified atom stereocenters. The molecule has 0 aromatic heterocycles. The molecule has 0 aliphatic carbocycles. The number of nitrogens with one attached hydrogen (secondary N) is 1. The molecule has 33 heavy (non-hydrogen) atoms. The van der Waals surface area contributed by atoms with Crippen LogP contribution in [0.5, 0.6) is 0 Å². The lowest BCUT2D eigenvalue weighted by molar-refractivity contribution is -0.121. The van der Waals surface area contributed by atoms with Crippen LogP contribution in [0, 0.1) is 11.6 Å². The summed E-state index contributed by atoms with van der Waals surface area (Å²) >= 11 is 0. The Kier molecular flexibility index (Phi) is 7.01. The van der Waals surface area contributed by atoms with E-state index in [0.29, 0.717) is 6.42 Å². The van der Waals surface area contributed by atoms with Gasteiger partial charge in [0, 0.05) is 18.6 Å². The summed E-state index contributed by atoms with van der Waals surface area (Å²) in [5, 5.41) is 6.88. The van der Waals surface area contributed by atoms with E-state index in [4.69, 9.17) is 9.26 Å². The van der Waals surface area contributed by atoms with Crippen LogP contribution in [0.2, 0.25) is 18.1 Å². The van der Waals surface area contributed by atoms with Crippen LogP contribution in [0.1, 0.15) is 34.1 Å². The molecule has 2 fully saturated rings. The minimum absolute atomic E-state index is 0.00582. The van der Waals surface area contributed by atoms with E-state index < -0.39 is 32.1 Å². The molecule has 1 aromatic rings. The summed E-state index contributed by atoms with van der Waals surface area (Å²) in [5.41, 5.74) is 0.630. The highest BCUT2D eigenvalue weighted by Gasteiger charge is 2.40. The third-order valence-electron chi connectivity index (χ3n) is 6.31. The molecule has 8 nitrogen and oxygen atoms in total. The second-order valence-corrected chi connectivity index (χ2v) is 14.6. The number of rotatable bonds is 7. The summed E-state index contributed by atoms with van der Waals surface area (Å²) in [6.07, 6.45) is -0.986. The van der Waals surface area contributed by atoms with Gasteiger partial charge in [-0.3, -0.25) is 9.69 Å². The zero-order valence-electron chi connectivity index (χ0n) is 20.0. The lowest BCUT2D eigenvalue weighted by atomic mass is 10.1. The van der Waals surface area contributed by atoms with Crippen LogP contribution in [0.15, 0.2) is 17.3 Å². The predicted octanol–water partition coefficient (Wildman–Crippen LogP) is 4.01. The standard InChI is InChI=1S/C22H32F2N4O4Si/c1-7-19(29)25-10-16-13-28(21(30)31-16)15-8-17(23)20(18(24)9-15)27-11-14(12-27)26-32-33(5,6)22(2,3)4/h8-9,16H,7,10-13H2,1-6H3,(H,25,29)/t16-/m0/s1. The monoisotopic (exact) mass is 482 g/mol. The summed E-state index contributed by atoms with van der Waals surface area (Å²) in [6.45, 7) is 13.0. The van der Waals surface area contributed by atoms with E-state index in [1.165, 1.54) is 4.90 Å². The fraction of sp³-hybridized carbons (Fsp3) is 0.591. The largest absolute Gasteiger partial charge is 0.455 e. The van der Waals surface area contributed by atoms with Crippen LogP contribution >= 0.6 is 0 Å². The lowest BCUT2D eigenvalue weighted by Gasteiger charge is -2.37. The Morgan fingerprint density at radius 3 is 2.42 bits per heavy atom. The van der Waals surface area contributed by atoms with Gasteiger partial charge in [-0.05, 0) is 18.1 Å². The van der Waals surface area contributed by atoms with Crippen LogP contribution in [0.25, 0.3) is 0 Å². The predicted molar refractivity (Wildman–Crippen MR) is 125 cm³/mol. The van der Waals surface area contributed by atoms with Crippen molar-refractivity contribution in [3.63, 3.8) is 0 Å². The molecule has 0 radical (unpaired) electrons. The Bertz CT molecular complexity index is 933. The number of carbonyl (C=O) groups is 2. The van der Waals surface area contributed by atoms with Crippen LogP contribution in [0.4, 0.5) is 25.0 Å². The number of anilines is 2. The number of amides is 2. The van der Waals surface area contributed by atoms with E-state index >= 15 is 0 Å². The fourth-order valence-corrected chi connectivity index (χ4v) is 3.76. The number of ether oxygens (including phenoxy) is 1. The van der Waals surface area contributed by atoms with Gasteiger partial charge in [0.25, 0.3) is 8.32 Å². The molecular formula is C22H32F2N4O4Si. The molecule has 11 heteroatoms. The van der Waals surface area contributed by atoms with Gasteiger partial charge < -0.3 is 19.5 Å². The van der Waals surface area contributed by atoms with Crippen molar-refractivity contribution in [2.24, 2.45) is 5.16 Å². The quantitative estimate of drug-likeness (QED) is 0.469. The van der Waals surface area contributed by atoms with Crippen molar-refractivity contribution in [1.82, 2.24) is 5.32 Å². The van der Waals surface area contributed by atoms with Crippen LogP contribution in [0.3, 0.4) is 0 Å². The van der Waals surface area contributed by atoms with E-state index in [0.717, 1.165) is 22.7 Å². The smallest absolute Gasteiger partial charge is 0.414 e. The zero-order valence-corrected chi connectivity index (χ0v) is 21.0. The van der Waals surface area contributed by atoms with Gasteiger partial charge in [-0.1, -0.05) is 27.7 Å². The number of carbonyl (C=O) groups excluding carboxylic acids is 2. The molecule has 2 aliphatic rings. The van der Waals surface area contributed by atoms with E-state index in [1.54, 1.807) is 6.92 Å². The van der Waals surface area contributed by atoms with Gasteiger partial charge in [-0.2, -0.15) is 0 Å². The normalized spacial score (nSPS) is 18.7. The molecule has 0 spiro atoms. The first-order valence-electron chi connectivity index (χ1n) is 11.0. The summed E-state index contributed by atoms with van der Waals surface area (Å²) in [7, 11) is -2.05. The van der Waals surface area contributed by atoms with E-state index in [2.05, 4.69) is 44.3 Å². The molecule has 2 aliphatic heterocycles. The highest BCUT2D eigenvalue weighted by molar-refractivity contribution is 6.74. The van der Waals surface area contributed by atoms with E-state index in [9.17, 15) is 18.4 Å². The van der Waals surface area contributed by atoms with Crippen LogP contribution in [-0.4, -0.2) is 58.3 Å². The highest BCUT2D eigenvalue weighted by Crippen LogP contribution is 2.37. The number of hydrogen-bond donors (Lipinski definition) is 1. The molecule has 1 aromatic carbocycles. The molecule has 3 rings (SSSR count). The minimum Gasteiger partial charge on any atom is -0.455 e. The molecule has 2 amide bonds. The summed E-state index contributed by atoms with van der Waals surface area (Å²) < 4.78 is 40.7. The Morgan fingerprint density at radius 2 is 1.88 bits per heavy atom. The fourth-order valence-electron chi connectivity index (χ4n) is 3.13. The first kappa shape index (κ1) is 24.9. The van der Waals surface area contributed by atoms with Gasteiger partial charge >= 0.3 is 6.09 Å². The molecular weight excluding hydrogens is 450 g/mol. The SMILES string of the molecule is CCC(=O)NC[C@H]1CN(c2cc(F)c(N3CC(=NO[Si](C)(C)C(C)(C)C)C3)c(F)c2)C(=O)O1. The topological polar surface area (TPSA) is 83.5 Å². The zero-order chi connectivity index (χ0) is 24.6. The van der Waals surface area contributed by atoms with E-state index in [1.807, 2.05) is 0 Å². The summed E-state index contributed by atoms with van der Waals surface area (Å²) in [4.78, 5) is 26.3. The lowest BCUT2D eigenvalue weighted by Crippen LogP contribution is -2.49. The van der Waals surface area contributed by atoms with Crippen LogP contribution in [-0.2, 0) is 14.1 Å². The maximum Gasteiger partial charge on any atom is 0.414 e. The third-order valence-corrected chi connectivity index (χ3v) is 10.5. The van der Waals surface area contributed by atoms with Crippen LogP contribution < -0.4 is 15.1 Å². The maximum absolute atomic E-state index is 14.8.